The van der Waals surface area contributed by atoms with E-state index in [-0.39, 0.29) is 0 Å². The van der Waals surface area contributed by atoms with Crippen LogP contribution in [0.5, 0.6) is 0 Å². The van der Waals surface area contributed by atoms with Crippen molar-refractivity contribution in [1.82, 2.24) is 24.6 Å². The molecule has 0 radical (unpaired) electrons. The van der Waals surface area contributed by atoms with E-state index in [1.54, 1.807) is 0 Å². The summed E-state index contributed by atoms with van der Waals surface area (Å²) < 4.78 is 1.99. The van der Waals surface area contributed by atoms with Gasteiger partial charge in [-0.3, -0.25) is 9.58 Å². The second kappa shape index (κ2) is 8.10. The quantitative estimate of drug-likeness (QED) is 0.656. The Balaban J connectivity index is 1.69. The van der Waals surface area contributed by atoms with Gasteiger partial charge in [0.25, 0.3) is 0 Å². The Morgan fingerprint density at radius 1 is 1.14 bits per heavy atom. The third kappa shape index (κ3) is 3.78. The van der Waals surface area contributed by atoms with Crippen LogP contribution in [0.4, 0.5) is 5.95 Å². The van der Waals surface area contributed by atoms with E-state index in [4.69, 9.17) is 4.98 Å². The topological polar surface area (TPSA) is 50.1 Å². The van der Waals surface area contributed by atoms with Gasteiger partial charge in [-0.1, -0.05) is 30.3 Å². The minimum absolute atomic E-state index is 0.293. The summed E-state index contributed by atoms with van der Waals surface area (Å²) in [6, 6.07) is 10.8. The highest BCUT2D eigenvalue weighted by Gasteiger charge is 2.30. The van der Waals surface area contributed by atoms with Crippen LogP contribution in [0.1, 0.15) is 37.1 Å². The molecule has 28 heavy (non-hydrogen) atoms. The fourth-order valence-electron chi connectivity index (χ4n) is 3.92. The van der Waals surface area contributed by atoms with Crippen molar-refractivity contribution in [3.63, 3.8) is 0 Å². The summed E-state index contributed by atoms with van der Waals surface area (Å²) in [4.78, 5) is 14.1. The predicted molar refractivity (Wildman–Crippen MR) is 112 cm³/mol. The Bertz CT molecular complexity index is 918. The number of rotatable bonds is 6. The molecule has 6 heteroatoms. The number of benzene rings is 1. The Labute approximate surface area is 166 Å². The SMILES string of the molecule is CCn1cc(CN2CCC[C@@H]2c2nc(N(C)C)ncc2-c2ccccc2)cn1. The summed E-state index contributed by atoms with van der Waals surface area (Å²) in [6.45, 7) is 5.00. The molecule has 6 nitrogen and oxygen atoms in total. The van der Waals surface area contributed by atoms with E-state index in [2.05, 4.69) is 52.4 Å². The number of aromatic nitrogens is 4. The second-order valence-electron chi connectivity index (χ2n) is 7.56. The average Bonchev–Trinajstić information content (AvgIpc) is 3.38. The summed E-state index contributed by atoms with van der Waals surface area (Å²) in [5.74, 6) is 0.764. The van der Waals surface area contributed by atoms with Crippen LogP contribution in [0, 0.1) is 0 Å². The van der Waals surface area contributed by atoms with E-state index >= 15 is 0 Å². The molecular formula is C22H28N6. The average molecular weight is 377 g/mol. The normalized spacial score (nSPS) is 17.2. The van der Waals surface area contributed by atoms with Gasteiger partial charge in [0.1, 0.15) is 0 Å². The van der Waals surface area contributed by atoms with Gasteiger partial charge in [-0.05, 0) is 31.9 Å². The van der Waals surface area contributed by atoms with E-state index in [0.29, 0.717) is 6.04 Å². The van der Waals surface area contributed by atoms with Crippen LogP contribution in [-0.4, -0.2) is 45.3 Å². The highest BCUT2D eigenvalue weighted by Crippen LogP contribution is 2.37. The highest BCUT2D eigenvalue weighted by atomic mass is 15.3. The van der Waals surface area contributed by atoms with Crippen molar-refractivity contribution in [3.05, 3.63) is 60.2 Å². The maximum Gasteiger partial charge on any atom is 0.225 e. The zero-order valence-electron chi connectivity index (χ0n) is 16.9. The van der Waals surface area contributed by atoms with Crippen molar-refractivity contribution in [2.75, 3.05) is 25.5 Å². The summed E-state index contributed by atoms with van der Waals surface area (Å²) in [6.07, 6.45) is 8.42. The minimum Gasteiger partial charge on any atom is -0.347 e. The molecule has 0 saturated carbocycles. The van der Waals surface area contributed by atoms with E-state index in [9.17, 15) is 0 Å². The van der Waals surface area contributed by atoms with E-state index in [0.717, 1.165) is 43.3 Å². The molecule has 1 saturated heterocycles. The molecule has 2 aromatic heterocycles. The van der Waals surface area contributed by atoms with Gasteiger partial charge >= 0.3 is 0 Å². The van der Waals surface area contributed by atoms with Gasteiger partial charge in [0.05, 0.1) is 17.9 Å². The molecular weight excluding hydrogens is 348 g/mol. The van der Waals surface area contributed by atoms with Crippen molar-refractivity contribution in [1.29, 1.82) is 0 Å². The largest absolute Gasteiger partial charge is 0.347 e. The number of anilines is 1. The maximum atomic E-state index is 5.00. The van der Waals surface area contributed by atoms with Crippen molar-refractivity contribution in [2.45, 2.75) is 38.9 Å². The summed E-state index contributed by atoms with van der Waals surface area (Å²) in [7, 11) is 3.99. The van der Waals surface area contributed by atoms with Crippen LogP contribution in [0.2, 0.25) is 0 Å². The number of aryl methyl sites for hydroxylation is 1. The van der Waals surface area contributed by atoms with E-state index in [1.165, 1.54) is 17.5 Å². The van der Waals surface area contributed by atoms with Gasteiger partial charge in [-0.15, -0.1) is 0 Å². The molecule has 0 spiro atoms. The third-order valence-corrected chi connectivity index (χ3v) is 5.37. The van der Waals surface area contributed by atoms with Gasteiger partial charge in [-0.25, -0.2) is 9.97 Å². The van der Waals surface area contributed by atoms with E-state index in [1.807, 2.05) is 42.1 Å². The summed E-state index contributed by atoms with van der Waals surface area (Å²) in [5, 5.41) is 4.43. The molecule has 3 aromatic rings. The molecule has 0 unspecified atom stereocenters. The molecule has 1 aliphatic rings. The lowest BCUT2D eigenvalue weighted by atomic mass is 10.00. The number of likely N-dealkylation sites (tertiary alicyclic amines) is 1. The zero-order valence-corrected chi connectivity index (χ0v) is 16.9. The van der Waals surface area contributed by atoms with Crippen LogP contribution in [0.3, 0.4) is 0 Å². The zero-order chi connectivity index (χ0) is 19.5. The minimum atomic E-state index is 0.293. The molecule has 0 N–H and O–H groups in total. The molecule has 4 rings (SSSR count). The Hall–Kier alpha value is -2.73. The summed E-state index contributed by atoms with van der Waals surface area (Å²) in [5.41, 5.74) is 4.70. The van der Waals surface area contributed by atoms with Gasteiger partial charge in [0, 0.05) is 50.7 Å². The highest BCUT2D eigenvalue weighted by molar-refractivity contribution is 5.66. The van der Waals surface area contributed by atoms with Crippen LogP contribution in [0.25, 0.3) is 11.1 Å². The Kier molecular flexibility index (Phi) is 5.39. The number of hydrogen-bond donors (Lipinski definition) is 0. The van der Waals surface area contributed by atoms with Crippen molar-refractivity contribution < 1.29 is 0 Å². The molecule has 1 fully saturated rings. The lowest BCUT2D eigenvalue weighted by molar-refractivity contribution is 0.245. The lowest BCUT2D eigenvalue weighted by Crippen LogP contribution is -2.25. The van der Waals surface area contributed by atoms with Crippen LogP contribution in [-0.2, 0) is 13.1 Å². The maximum absolute atomic E-state index is 5.00. The first-order valence-electron chi connectivity index (χ1n) is 10.0. The van der Waals surface area contributed by atoms with Crippen LogP contribution in [0.15, 0.2) is 48.9 Å². The molecule has 1 aromatic carbocycles. The van der Waals surface area contributed by atoms with Gasteiger partial charge < -0.3 is 4.90 Å². The van der Waals surface area contributed by atoms with E-state index < -0.39 is 0 Å². The molecule has 1 aliphatic heterocycles. The molecule has 1 atom stereocenters. The van der Waals surface area contributed by atoms with Gasteiger partial charge in [0.15, 0.2) is 0 Å². The second-order valence-corrected chi connectivity index (χ2v) is 7.56. The fourth-order valence-corrected chi connectivity index (χ4v) is 3.92. The van der Waals surface area contributed by atoms with Crippen LogP contribution < -0.4 is 4.90 Å². The van der Waals surface area contributed by atoms with Crippen LogP contribution >= 0.6 is 0 Å². The first-order valence-corrected chi connectivity index (χ1v) is 10.0. The Morgan fingerprint density at radius 2 is 1.96 bits per heavy atom. The Morgan fingerprint density at radius 3 is 2.68 bits per heavy atom. The lowest BCUT2D eigenvalue weighted by Gasteiger charge is -2.26. The molecule has 0 bridgehead atoms. The smallest absolute Gasteiger partial charge is 0.225 e. The first kappa shape index (κ1) is 18.6. The molecule has 0 amide bonds. The fraction of sp³-hybridized carbons (Fsp3) is 0.409. The van der Waals surface area contributed by atoms with Crippen molar-refractivity contribution >= 4 is 5.95 Å². The van der Waals surface area contributed by atoms with Crippen molar-refractivity contribution in [2.24, 2.45) is 0 Å². The summed E-state index contributed by atoms with van der Waals surface area (Å²) >= 11 is 0. The first-order chi connectivity index (χ1) is 13.7. The molecule has 146 valence electrons. The van der Waals surface area contributed by atoms with Gasteiger partial charge in [0.2, 0.25) is 5.95 Å². The third-order valence-electron chi connectivity index (χ3n) is 5.37. The molecule has 3 heterocycles. The van der Waals surface area contributed by atoms with Gasteiger partial charge in [-0.2, -0.15) is 5.10 Å². The standard InChI is InChI=1S/C22H28N6/c1-4-28-16-17(13-24-28)15-27-12-8-11-20(27)21-19(18-9-6-5-7-10-18)14-23-22(25-21)26(2)3/h5-7,9-10,13-14,16,20H,4,8,11-12,15H2,1-3H3/t20-/m1/s1. The molecule has 0 aliphatic carbocycles. The number of hydrogen-bond acceptors (Lipinski definition) is 5. The monoisotopic (exact) mass is 376 g/mol. The number of nitrogens with zero attached hydrogens (tertiary/aromatic N) is 6. The predicted octanol–water partition coefficient (Wildman–Crippen LogP) is 3.76. The van der Waals surface area contributed by atoms with Crippen molar-refractivity contribution in [3.8, 4) is 11.1 Å².